The van der Waals surface area contributed by atoms with Crippen LogP contribution in [0.4, 0.5) is 0 Å². The highest BCUT2D eigenvalue weighted by Gasteiger charge is 2.13. The van der Waals surface area contributed by atoms with E-state index in [-0.39, 0.29) is 16.6 Å². The van der Waals surface area contributed by atoms with Gasteiger partial charge in [-0.25, -0.2) is 8.42 Å². The predicted octanol–water partition coefficient (Wildman–Crippen LogP) is 1.93. The average molecular weight is 226 g/mol. The molecule has 1 aromatic carbocycles. The standard InChI is InChI=1S/C11H14O3S/c1-8(2)11(12)9-5-4-6-10(7-9)15(3,13)14/h4-8H,1-3H3. The van der Waals surface area contributed by atoms with Gasteiger partial charge in [0.2, 0.25) is 0 Å². The molecule has 0 bridgehead atoms. The van der Waals surface area contributed by atoms with Crippen molar-refractivity contribution in [2.45, 2.75) is 18.7 Å². The van der Waals surface area contributed by atoms with Crippen molar-refractivity contribution in [2.75, 3.05) is 6.26 Å². The first-order valence-electron chi connectivity index (χ1n) is 4.66. The Hall–Kier alpha value is -1.16. The highest BCUT2D eigenvalue weighted by Crippen LogP contribution is 2.14. The van der Waals surface area contributed by atoms with E-state index in [4.69, 9.17) is 0 Å². The third-order valence-electron chi connectivity index (χ3n) is 2.07. The van der Waals surface area contributed by atoms with Gasteiger partial charge in [-0.3, -0.25) is 4.79 Å². The van der Waals surface area contributed by atoms with E-state index in [9.17, 15) is 13.2 Å². The summed E-state index contributed by atoms with van der Waals surface area (Å²) in [6, 6.07) is 6.15. The number of carbonyl (C=O) groups excluding carboxylic acids is 1. The third-order valence-corrected chi connectivity index (χ3v) is 3.18. The van der Waals surface area contributed by atoms with E-state index in [2.05, 4.69) is 0 Å². The van der Waals surface area contributed by atoms with Gasteiger partial charge in [0.25, 0.3) is 0 Å². The van der Waals surface area contributed by atoms with Crippen LogP contribution in [0.25, 0.3) is 0 Å². The van der Waals surface area contributed by atoms with Gasteiger partial charge in [0.1, 0.15) is 0 Å². The van der Waals surface area contributed by atoms with Gasteiger partial charge in [-0.15, -0.1) is 0 Å². The fourth-order valence-corrected chi connectivity index (χ4v) is 1.88. The predicted molar refractivity (Wildman–Crippen MR) is 58.7 cm³/mol. The van der Waals surface area contributed by atoms with Gasteiger partial charge in [-0.05, 0) is 12.1 Å². The van der Waals surface area contributed by atoms with Crippen molar-refractivity contribution in [2.24, 2.45) is 5.92 Å². The molecular formula is C11H14O3S. The first-order valence-corrected chi connectivity index (χ1v) is 6.56. The Labute approximate surface area is 90.0 Å². The molecule has 15 heavy (non-hydrogen) atoms. The molecule has 0 atom stereocenters. The Kier molecular flexibility index (Phi) is 3.29. The van der Waals surface area contributed by atoms with E-state index in [1.807, 2.05) is 0 Å². The maximum absolute atomic E-state index is 11.6. The monoisotopic (exact) mass is 226 g/mol. The van der Waals surface area contributed by atoms with Gasteiger partial charge in [-0.2, -0.15) is 0 Å². The van der Waals surface area contributed by atoms with Crippen molar-refractivity contribution in [3.63, 3.8) is 0 Å². The molecule has 0 aromatic heterocycles. The van der Waals surface area contributed by atoms with Crippen LogP contribution in [0.1, 0.15) is 24.2 Å². The molecule has 3 nitrogen and oxygen atoms in total. The molecule has 0 amide bonds. The van der Waals surface area contributed by atoms with Gasteiger partial charge in [0.15, 0.2) is 15.6 Å². The SMILES string of the molecule is CC(C)C(=O)c1cccc(S(C)(=O)=O)c1. The van der Waals surface area contributed by atoms with E-state index in [0.717, 1.165) is 6.26 Å². The van der Waals surface area contributed by atoms with Crippen LogP contribution >= 0.6 is 0 Å². The van der Waals surface area contributed by atoms with Crippen LogP contribution in [0.15, 0.2) is 29.2 Å². The van der Waals surface area contributed by atoms with Crippen molar-refractivity contribution in [3.8, 4) is 0 Å². The third kappa shape index (κ3) is 2.89. The number of ketones is 1. The van der Waals surface area contributed by atoms with Crippen LogP contribution in [-0.2, 0) is 9.84 Å². The molecule has 0 radical (unpaired) electrons. The maximum atomic E-state index is 11.6. The smallest absolute Gasteiger partial charge is 0.175 e. The number of Topliss-reactive ketones (excluding diaryl/α,β-unsaturated/α-hetero) is 1. The number of hydrogen-bond donors (Lipinski definition) is 0. The Morgan fingerprint density at radius 3 is 2.33 bits per heavy atom. The second kappa shape index (κ2) is 4.14. The maximum Gasteiger partial charge on any atom is 0.175 e. The Morgan fingerprint density at radius 2 is 1.87 bits per heavy atom. The molecule has 0 N–H and O–H groups in total. The highest BCUT2D eigenvalue weighted by molar-refractivity contribution is 7.90. The van der Waals surface area contributed by atoms with Crippen molar-refractivity contribution >= 4 is 15.6 Å². The second-order valence-electron chi connectivity index (χ2n) is 3.82. The lowest BCUT2D eigenvalue weighted by Gasteiger charge is -2.05. The van der Waals surface area contributed by atoms with Gasteiger partial charge < -0.3 is 0 Å². The Balaban J connectivity index is 3.20. The number of sulfone groups is 1. The number of rotatable bonds is 3. The lowest BCUT2D eigenvalue weighted by Crippen LogP contribution is -2.08. The fraction of sp³-hybridized carbons (Fsp3) is 0.364. The molecule has 0 heterocycles. The van der Waals surface area contributed by atoms with E-state index >= 15 is 0 Å². The van der Waals surface area contributed by atoms with E-state index in [0.29, 0.717) is 5.56 Å². The molecule has 0 saturated carbocycles. The molecular weight excluding hydrogens is 212 g/mol. The highest BCUT2D eigenvalue weighted by atomic mass is 32.2. The average Bonchev–Trinajstić information content (AvgIpc) is 2.15. The topological polar surface area (TPSA) is 51.2 Å². The summed E-state index contributed by atoms with van der Waals surface area (Å²) in [4.78, 5) is 11.8. The lowest BCUT2D eigenvalue weighted by atomic mass is 10.0. The molecule has 1 aromatic rings. The van der Waals surface area contributed by atoms with Crippen molar-refractivity contribution < 1.29 is 13.2 Å². The molecule has 1 rings (SSSR count). The quantitative estimate of drug-likeness (QED) is 0.740. The number of benzene rings is 1. The lowest BCUT2D eigenvalue weighted by molar-refractivity contribution is 0.0939. The van der Waals surface area contributed by atoms with Gasteiger partial charge >= 0.3 is 0 Å². The number of carbonyl (C=O) groups is 1. The van der Waals surface area contributed by atoms with Gasteiger partial charge in [0, 0.05) is 17.7 Å². The zero-order valence-corrected chi connectivity index (χ0v) is 9.84. The van der Waals surface area contributed by atoms with Crippen molar-refractivity contribution in [1.29, 1.82) is 0 Å². The minimum atomic E-state index is -3.24. The normalized spacial score (nSPS) is 11.7. The van der Waals surface area contributed by atoms with Crippen molar-refractivity contribution in [3.05, 3.63) is 29.8 Å². The first kappa shape index (κ1) is 11.9. The fourth-order valence-electron chi connectivity index (χ4n) is 1.21. The zero-order valence-electron chi connectivity index (χ0n) is 9.02. The van der Waals surface area contributed by atoms with Gasteiger partial charge in [-0.1, -0.05) is 26.0 Å². The summed E-state index contributed by atoms with van der Waals surface area (Å²) < 4.78 is 22.5. The summed E-state index contributed by atoms with van der Waals surface area (Å²) in [6.07, 6.45) is 1.13. The van der Waals surface area contributed by atoms with Crippen LogP contribution in [-0.4, -0.2) is 20.5 Å². The minimum absolute atomic E-state index is 0.0412. The summed E-state index contributed by atoms with van der Waals surface area (Å²) in [5.41, 5.74) is 0.452. The summed E-state index contributed by atoms with van der Waals surface area (Å²) in [6.45, 7) is 3.57. The molecule has 0 saturated heterocycles. The minimum Gasteiger partial charge on any atom is -0.294 e. The largest absolute Gasteiger partial charge is 0.294 e. The first-order chi connectivity index (χ1) is 6.82. The summed E-state index contributed by atoms with van der Waals surface area (Å²) in [5, 5.41) is 0. The second-order valence-corrected chi connectivity index (χ2v) is 5.83. The molecule has 0 aliphatic heterocycles. The molecule has 0 fully saturated rings. The molecule has 4 heteroatoms. The van der Waals surface area contributed by atoms with Crippen LogP contribution in [0, 0.1) is 5.92 Å². The summed E-state index contributed by atoms with van der Waals surface area (Å²) >= 11 is 0. The van der Waals surface area contributed by atoms with E-state index in [1.54, 1.807) is 26.0 Å². The van der Waals surface area contributed by atoms with Crippen molar-refractivity contribution in [1.82, 2.24) is 0 Å². The molecule has 0 spiro atoms. The molecule has 0 aliphatic rings. The van der Waals surface area contributed by atoms with Crippen LogP contribution in [0.3, 0.4) is 0 Å². The van der Waals surface area contributed by atoms with Crippen LogP contribution < -0.4 is 0 Å². The molecule has 0 aliphatic carbocycles. The Morgan fingerprint density at radius 1 is 1.27 bits per heavy atom. The molecule has 0 unspecified atom stereocenters. The van der Waals surface area contributed by atoms with Crippen LogP contribution in [0.5, 0.6) is 0 Å². The zero-order chi connectivity index (χ0) is 11.6. The summed E-state index contributed by atoms with van der Waals surface area (Å²) in [5.74, 6) is -0.166. The van der Waals surface area contributed by atoms with Crippen LogP contribution in [0.2, 0.25) is 0 Å². The number of hydrogen-bond acceptors (Lipinski definition) is 3. The Bertz CT molecular complexity index is 472. The van der Waals surface area contributed by atoms with E-state index in [1.165, 1.54) is 12.1 Å². The molecule has 82 valence electrons. The van der Waals surface area contributed by atoms with E-state index < -0.39 is 9.84 Å². The van der Waals surface area contributed by atoms with Gasteiger partial charge in [0.05, 0.1) is 4.90 Å². The summed E-state index contributed by atoms with van der Waals surface area (Å²) in [7, 11) is -3.24.